The van der Waals surface area contributed by atoms with E-state index in [2.05, 4.69) is 0 Å². The molecule has 0 aliphatic carbocycles. The molecule has 4 nitrogen and oxygen atoms in total. The van der Waals surface area contributed by atoms with Crippen molar-refractivity contribution in [2.24, 2.45) is 0 Å². The van der Waals surface area contributed by atoms with Crippen molar-refractivity contribution in [2.45, 2.75) is 31.8 Å². The second-order valence-electron chi connectivity index (χ2n) is 4.41. The number of aliphatic hydroxyl groups is 1. The Morgan fingerprint density at radius 3 is 2.94 bits per heavy atom. The zero-order chi connectivity index (χ0) is 11.6. The van der Waals surface area contributed by atoms with Crippen LogP contribution in [0.15, 0.2) is 22.8 Å². The van der Waals surface area contributed by atoms with Crippen LogP contribution in [0.4, 0.5) is 0 Å². The third-order valence-corrected chi connectivity index (χ3v) is 3.15. The molecule has 1 aliphatic heterocycles. The number of β-amino-alcohol motifs (C(OH)–C–C–N with tert-alkyl or cyclic N) is 1. The maximum atomic E-state index is 11.7. The zero-order valence-corrected chi connectivity index (χ0v) is 9.48. The molecule has 0 aromatic carbocycles. The molecular weight excluding hydrogens is 206 g/mol. The van der Waals surface area contributed by atoms with Crippen LogP contribution in [0.25, 0.3) is 0 Å². The van der Waals surface area contributed by atoms with Crippen LogP contribution in [0.1, 0.15) is 25.5 Å². The minimum atomic E-state index is -0.639. The van der Waals surface area contributed by atoms with Gasteiger partial charge < -0.3 is 14.4 Å². The molecule has 0 atom stereocenters. The van der Waals surface area contributed by atoms with E-state index in [1.54, 1.807) is 11.2 Å². The Labute approximate surface area is 94.9 Å². The number of rotatable bonds is 4. The fraction of sp³-hybridized carbons (Fsp3) is 0.583. The van der Waals surface area contributed by atoms with Gasteiger partial charge in [0.2, 0.25) is 5.91 Å². The highest BCUT2D eigenvalue weighted by Crippen LogP contribution is 2.24. The van der Waals surface area contributed by atoms with E-state index in [0.717, 1.165) is 5.76 Å². The van der Waals surface area contributed by atoms with E-state index in [0.29, 0.717) is 32.4 Å². The Balaban J connectivity index is 1.74. The third kappa shape index (κ3) is 2.27. The molecule has 0 radical (unpaired) electrons. The van der Waals surface area contributed by atoms with Gasteiger partial charge in [-0.2, -0.15) is 0 Å². The average molecular weight is 223 g/mol. The molecule has 2 rings (SSSR count). The predicted molar refractivity (Wildman–Crippen MR) is 58.8 cm³/mol. The summed E-state index contributed by atoms with van der Waals surface area (Å²) >= 11 is 0. The van der Waals surface area contributed by atoms with Crippen molar-refractivity contribution < 1.29 is 14.3 Å². The summed E-state index contributed by atoms with van der Waals surface area (Å²) in [7, 11) is 0. The molecule has 1 saturated heterocycles. The number of furan rings is 1. The second-order valence-corrected chi connectivity index (χ2v) is 4.41. The molecule has 1 N–H and O–H groups in total. The van der Waals surface area contributed by atoms with Gasteiger partial charge >= 0.3 is 0 Å². The molecule has 1 amide bonds. The fourth-order valence-corrected chi connectivity index (χ4v) is 1.91. The van der Waals surface area contributed by atoms with E-state index in [1.165, 1.54) is 0 Å². The molecule has 1 aliphatic rings. The van der Waals surface area contributed by atoms with Crippen molar-refractivity contribution in [2.75, 3.05) is 13.1 Å². The standard InChI is InChI=1S/C12H17NO3/c1-2-12(15)8-13(9-12)11(14)6-5-10-4-3-7-16-10/h3-4,7,15H,2,5-6,8-9H2,1H3. The van der Waals surface area contributed by atoms with Gasteiger partial charge in [-0.15, -0.1) is 0 Å². The number of nitrogens with zero attached hydrogens (tertiary/aromatic N) is 1. The maximum absolute atomic E-state index is 11.7. The van der Waals surface area contributed by atoms with Crippen LogP contribution in [0.5, 0.6) is 0 Å². The Kier molecular flexibility index (Phi) is 3.01. The van der Waals surface area contributed by atoms with Gasteiger partial charge in [0.15, 0.2) is 0 Å². The summed E-state index contributed by atoms with van der Waals surface area (Å²) in [6, 6.07) is 3.69. The SMILES string of the molecule is CCC1(O)CN(C(=O)CCc2ccco2)C1. The number of amides is 1. The highest BCUT2D eigenvalue weighted by molar-refractivity contribution is 5.77. The van der Waals surface area contributed by atoms with E-state index in [1.807, 2.05) is 19.1 Å². The Hall–Kier alpha value is -1.29. The Morgan fingerprint density at radius 1 is 1.62 bits per heavy atom. The van der Waals surface area contributed by atoms with Gasteiger partial charge in [0.25, 0.3) is 0 Å². The largest absolute Gasteiger partial charge is 0.469 e. The zero-order valence-electron chi connectivity index (χ0n) is 9.48. The number of carbonyl (C=O) groups excluding carboxylic acids is 1. The van der Waals surface area contributed by atoms with E-state index in [4.69, 9.17) is 4.42 Å². The molecule has 0 bridgehead atoms. The van der Waals surface area contributed by atoms with E-state index >= 15 is 0 Å². The third-order valence-electron chi connectivity index (χ3n) is 3.15. The first-order valence-corrected chi connectivity index (χ1v) is 5.65. The average Bonchev–Trinajstić information content (AvgIpc) is 2.74. The summed E-state index contributed by atoms with van der Waals surface area (Å²) in [5.41, 5.74) is -0.639. The molecular formula is C12H17NO3. The second kappa shape index (κ2) is 4.29. The number of hydrogen-bond acceptors (Lipinski definition) is 3. The number of carbonyl (C=O) groups is 1. The normalized spacial score (nSPS) is 18.2. The van der Waals surface area contributed by atoms with Gasteiger partial charge in [0.1, 0.15) is 5.76 Å². The number of likely N-dealkylation sites (tertiary alicyclic amines) is 1. The monoisotopic (exact) mass is 223 g/mol. The molecule has 88 valence electrons. The summed E-state index contributed by atoms with van der Waals surface area (Å²) in [6.45, 7) is 2.88. The summed E-state index contributed by atoms with van der Waals surface area (Å²) in [6.07, 6.45) is 3.40. The van der Waals surface area contributed by atoms with Crippen molar-refractivity contribution in [1.82, 2.24) is 4.90 Å². The molecule has 16 heavy (non-hydrogen) atoms. The minimum Gasteiger partial charge on any atom is -0.469 e. The van der Waals surface area contributed by atoms with Crippen LogP contribution in [-0.4, -0.2) is 34.6 Å². The Morgan fingerprint density at radius 2 is 2.38 bits per heavy atom. The molecule has 1 fully saturated rings. The van der Waals surface area contributed by atoms with Gasteiger partial charge in [-0.05, 0) is 18.6 Å². The quantitative estimate of drug-likeness (QED) is 0.834. The molecule has 0 unspecified atom stereocenters. The first-order valence-electron chi connectivity index (χ1n) is 5.65. The van der Waals surface area contributed by atoms with Gasteiger partial charge in [-0.25, -0.2) is 0 Å². The van der Waals surface area contributed by atoms with Crippen molar-refractivity contribution in [1.29, 1.82) is 0 Å². The van der Waals surface area contributed by atoms with Crippen LogP contribution < -0.4 is 0 Å². The topological polar surface area (TPSA) is 53.7 Å². The Bertz CT molecular complexity index is 352. The minimum absolute atomic E-state index is 0.0922. The van der Waals surface area contributed by atoms with Crippen LogP contribution in [-0.2, 0) is 11.2 Å². The summed E-state index contributed by atoms with van der Waals surface area (Å²) in [5.74, 6) is 0.925. The van der Waals surface area contributed by atoms with E-state index in [9.17, 15) is 9.90 Å². The van der Waals surface area contributed by atoms with Crippen molar-refractivity contribution in [3.8, 4) is 0 Å². The highest BCUT2D eigenvalue weighted by Gasteiger charge is 2.41. The van der Waals surface area contributed by atoms with Crippen LogP contribution in [0.3, 0.4) is 0 Å². The summed E-state index contributed by atoms with van der Waals surface area (Å²) in [4.78, 5) is 13.4. The van der Waals surface area contributed by atoms with Gasteiger partial charge in [-0.1, -0.05) is 6.92 Å². The fourth-order valence-electron chi connectivity index (χ4n) is 1.91. The van der Waals surface area contributed by atoms with Crippen molar-refractivity contribution >= 4 is 5.91 Å². The first-order chi connectivity index (χ1) is 7.63. The molecule has 2 heterocycles. The van der Waals surface area contributed by atoms with E-state index < -0.39 is 5.60 Å². The lowest BCUT2D eigenvalue weighted by atomic mass is 9.91. The number of aryl methyl sites for hydroxylation is 1. The van der Waals surface area contributed by atoms with Crippen molar-refractivity contribution in [3.63, 3.8) is 0 Å². The summed E-state index contributed by atoms with van der Waals surface area (Å²) in [5, 5.41) is 9.78. The summed E-state index contributed by atoms with van der Waals surface area (Å²) < 4.78 is 5.16. The van der Waals surface area contributed by atoms with Gasteiger partial charge in [0, 0.05) is 12.8 Å². The van der Waals surface area contributed by atoms with Gasteiger partial charge in [0.05, 0.1) is 25.0 Å². The first kappa shape index (κ1) is 11.2. The number of hydrogen-bond donors (Lipinski definition) is 1. The highest BCUT2D eigenvalue weighted by atomic mass is 16.3. The van der Waals surface area contributed by atoms with Gasteiger partial charge in [-0.3, -0.25) is 4.79 Å². The van der Waals surface area contributed by atoms with E-state index in [-0.39, 0.29) is 5.91 Å². The van der Waals surface area contributed by atoms with Crippen LogP contribution in [0, 0.1) is 0 Å². The molecule has 0 saturated carbocycles. The maximum Gasteiger partial charge on any atom is 0.223 e. The lowest BCUT2D eigenvalue weighted by Gasteiger charge is -2.46. The lowest BCUT2D eigenvalue weighted by Crippen LogP contribution is -2.63. The molecule has 1 aromatic heterocycles. The van der Waals surface area contributed by atoms with Crippen molar-refractivity contribution in [3.05, 3.63) is 24.2 Å². The molecule has 4 heteroatoms. The van der Waals surface area contributed by atoms with Crippen LogP contribution in [0.2, 0.25) is 0 Å². The smallest absolute Gasteiger partial charge is 0.223 e. The van der Waals surface area contributed by atoms with Crippen LogP contribution >= 0.6 is 0 Å². The molecule has 0 spiro atoms. The predicted octanol–water partition coefficient (Wildman–Crippen LogP) is 1.20. The molecule has 1 aromatic rings. The lowest BCUT2D eigenvalue weighted by molar-refractivity contribution is -0.155.